The van der Waals surface area contributed by atoms with E-state index in [1.165, 1.54) is 0 Å². The van der Waals surface area contributed by atoms with Crippen LogP contribution in [0.25, 0.3) is 0 Å². The van der Waals surface area contributed by atoms with Crippen LogP contribution in [0.2, 0.25) is 0 Å². The highest BCUT2D eigenvalue weighted by Gasteiger charge is 2.13. The number of hydrogen-bond donors (Lipinski definition) is 1. The highest BCUT2D eigenvalue weighted by molar-refractivity contribution is 5.19. The first-order valence-electron chi connectivity index (χ1n) is 5.73. The highest BCUT2D eigenvalue weighted by Crippen LogP contribution is 2.15. The van der Waals surface area contributed by atoms with Gasteiger partial charge in [0.05, 0.1) is 0 Å². The molecule has 0 amide bonds. The fraction of sp³-hybridized carbons (Fsp3) is 0.500. The molecule has 17 heavy (non-hydrogen) atoms. The van der Waals surface area contributed by atoms with Crippen LogP contribution in [0.3, 0.4) is 0 Å². The standard InChI is InChI=1S/C12H15F3N2/c13-10-6-9(7-11(14)12(10)15)8-17-4-1-2-16-3-5-17/h6-7,16H,1-5,8H2. The summed E-state index contributed by atoms with van der Waals surface area (Å²) >= 11 is 0. The number of benzene rings is 1. The van der Waals surface area contributed by atoms with Crippen molar-refractivity contribution in [1.82, 2.24) is 10.2 Å². The molecule has 0 atom stereocenters. The lowest BCUT2D eigenvalue weighted by Gasteiger charge is -2.19. The molecular formula is C12H15F3N2. The van der Waals surface area contributed by atoms with E-state index in [4.69, 9.17) is 0 Å². The zero-order valence-corrected chi connectivity index (χ0v) is 9.48. The fourth-order valence-corrected chi connectivity index (χ4v) is 2.02. The minimum absolute atomic E-state index is 0.454. The van der Waals surface area contributed by atoms with Crippen molar-refractivity contribution >= 4 is 0 Å². The minimum Gasteiger partial charge on any atom is -0.315 e. The van der Waals surface area contributed by atoms with Gasteiger partial charge < -0.3 is 5.32 Å². The largest absolute Gasteiger partial charge is 0.315 e. The Kier molecular flexibility index (Phi) is 4.02. The lowest BCUT2D eigenvalue weighted by atomic mass is 10.2. The first-order chi connectivity index (χ1) is 8.16. The van der Waals surface area contributed by atoms with Gasteiger partial charge in [-0.2, -0.15) is 0 Å². The Morgan fingerprint density at radius 3 is 2.47 bits per heavy atom. The van der Waals surface area contributed by atoms with Gasteiger partial charge in [0.15, 0.2) is 17.5 Å². The average molecular weight is 244 g/mol. The maximum absolute atomic E-state index is 13.0. The van der Waals surface area contributed by atoms with Crippen molar-refractivity contribution in [2.75, 3.05) is 26.2 Å². The molecule has 0 aliphatic carbocycles. The van der Waals surface area contributed by atoms with Crippen molar-refractivity contribution in [3.05, 3.63) is 35.1 Å². The Balaban J connectivity index is 2.07. The Morgan fingerprint density at radius 1 is 1.06 bits per heavy atom. The normalized spacial score (nSPS) is 18.1. The molecule has 1 aromatic rings. The molecule has 94 valence electrons. The molecule has 2 rings (SSSR count). The van der Waals surface area contributed by atoms with Crippen LogP contribution in [0.5, 0.6) is 0 Å². The van der Waals surface area contributed by atoms with Crippen LogP contribution in [0.4, 0.5) is 13.2 Å². The Labute approximate surface area is 98.4 Å². The lowest BCUT2D eigenvalue weighted by molar-refractivity contribution is 0.283. The molecule has 1 aromatic carbocycles. The van der Waals surface area contributed by atoms with Crippen molar-refractivity contribution in [3.63, 3.8) is 0 Å². The number of nitrogens with one attached hydrogen (secondary N) is 1. The molecule has 1 aliphatic rings. The van der Waals surface area contributed by atoms with Crippen LogP contribution in [0.15, 0.2) is 12.1 Å². The zero-order chi connectivity index (χ0) is 12.3. The van der Waals surface area contributed by atoms with Crippen LogP contribution in [0, 0.1) is 17.5 Å². The van der Waals surface area contributed by atoms with Crippen molar-refractivity contribution in [3.8, 4) is 0 Å². The van der Waals surface area contributed by atoms with E-state index in [0.717, 1.165) is 44.7 Å². The maximum Gasteiger partial charge on any atom is 0.194 e. The van der Waals surface area contributed by atoms with Gasteiger partial charge in [-0.15, -0.1) is 0 Å². The molecule has 1 fully saturated rings. The fourth-order valence-electron chi connectivity index (χ4n) is 2.02. The lowest BCUT2D eigenvalue weighted by Crippen LogP contribution is -2.27. The zero-order valence-electron chi connectivity index (χ0n) is 9.48. The number of nitrogens with zero attached hydrogens (tertiary/aromatic N) is 1. The van der Waals surface area contributed by atoms with Crippen molar-refractivity contribution < 1.29 is 13.2 Å². The third-order valence-electron chi connectivity index (χ3n) is 2.88. The maximum atomic E-state index is 13.0. The summed E-state index contributed by atoms with van der Waals surface area (Å²) in [7, 11) is 0. The van der Waals surface area contributed by atoms with E-state index in [1.54, 1.807) is 0 Å². The van der Waals surface area contributed by atoms with Gasteiger partial charge in [0.25, 0.3) is 0 Å². The molecule has 0 spiro atoms. The van der Waals surface area contributed by atoms with Crippen LogP contribution in [-0.2, 0) is 6.54 Å². The summed E-state index contributed by atoms with van der Waals surface area (Å²) in [5.74, 6) is -3.63. The van der Waals surface area contributed by atoms with Gasteiger partial charge in [0.1, 0.15) is 0 Å². The predicted octanol–water partition coefficient (Wildman–Crippen LogP) is 1.90. The van der Waals surface area contributed by atoms with Gasteiger partial charge in [-0.1, -0.05) is 0 Å². The van der Waals surface area contributed by atoms with E-state index in [1.807, 2.05) is 0 Å². The van der Waals surface area contributed by atoms with Crippen molar-refractivity contribution in [1.29, 1.82) is 0 Å². The second kappa shape index (κ2) is 5.51. The molecule has 1 aliphatic heterocycles. The number of halogens is 3. The predicted molar refractivity (Wildman–Crippen MR) is 59.1 cm³/mol. The molecular weight excluding hydrogens is 229 g/mol. The van der Waals surface area contributed by atoms with Gasteiger partial charge in [-0.25, -0.2) is 13.2 Å². The van der Waals surface area contributed by atoms with E-state index in [-0.39, 0.29) is 0 Å². The topological polar surface area (TPSA) is 15.3 Å². The molecule has 1 heterocycles. The van der Waals surface area contributed by atoms with Gasteiger partial charge in [-0.05, 0) is 37.2 Å². The van der Waals surface area contributed by atoms with E-state index < -0.39 is 17.5 Å². The molecule has 1 saturated heterocycles. The molecule has 0 saturated carbocycles. The third-order valence-corrected chi connectivity index (χ3v) is 2.88. The molecule has 0 aromatic heterocycles. The number of hydrogen-bond acceptors (Lipinski definition) is 2. The van der Waals surface area contributed by atoms with Gasteiger partial charge >= 0.3 is 0 Å². The Bertz CT molecular complexity index is 364. The van der Waals surface area contributed by atoms with Crippen molar-refractivity contribution in [2.24, 2.45) is 0 Å². The van der Waals surface area contributed by atoms with E-state index in [2.05, 4.69) is 10.2 Å². The van der Waals surface area contributed by atoms with Gasteiger partial charge in [-0.3, -0.25) is 4.90 Å². The van der Waals surface area contributed by atoms with Gasteiger partial charge in [0, 0.05) is 19.6 Å². The minimum atomic E-state index is -1.40. The van der Waals surface area contributed by atoms with E-state index >= 15 is 0 Å². The first-order valence-corrected chi connectivity index (χ1v) is 5.73. The molecule has 0 radical (unpaired) electrons. The molecule has 1 N–H and O–H groups in total. The Morgan fingerprint density at radius 2 is 1.76 bits per heavy atom. The van der Waals surface area contributed by atoms with Crippen LogP contribution >= 0.6 is 0 Å². The summed E-state index contributed by atoms with van der Waals surface area (Å²) in [6.45, 7) is 4.00. The van der Waals surface area contributed by atoms with Gasteiger partial charge in [0.2, 0.25) is 0 Å². The summed E-state index contributed by atoms with van der Waals surface area (Å²) < 4.78 is 38.8. The molecule has 2 nitrogen and oxygen atoms in total. The van der Waals surface area contributed by atoms with Crippen LogP contribution in [0.1, 0.15) is 12.0 Å². The first kappa shape index (κ1) is 12.4. The highest BCUT2D eigenvalue weighted by atomic mass is 19.2. The summed E-state index contributed by atoms with van der Waals surface area (Å²) in [5.41, 5.74) is 0.475. The monoisotopic (exact) mass is 244 g/mol. The number of rotatable bonds is 2. The van der Waals surface area contributed by atoms with E-state index in [0.29, 0.717) is 12.1 Å². The summed E-state index contributed by atoms with van der Waals surface area (Å²) in [5, 5.41) is 3.25. The van der Waals surface area contributed by atoms with Crippen molar-refractivity contribution in [2.45, 2.75) is 13.0 Å². The third kappa shape index (κ3) is 3.20. The Hall–Kier alpha value is -1.07. The van der Waals surface area contributed by atoms with Crippen LogP contribution in [-0.4, -0.2) is 31.1 Å². The summed E-state index contributed by atoms with van der Waals surface area (Å²) in [6.07, 6.45) is 1.01. The quantitative estimate of drug-likeness (QED) is 0.799. The summed E-state index contributed by atoms with van der Waals surface area (Å²) in [4.78, 5) is 2.10. The molecule has 0 bridgehead atoms. The summed E-state index contributed by atoms with van der Waals surface area (Å²) in [6, 6.07) is 2.13. The second-order valence-corrected chi connectivity index (χ2v) is 4.25. The average Bonchev–Trinajstić information content (AvgIpc) is 2.54. The molecule has 0 unspecified atom stereocenters. The molecule has 5 heteroatoms. The SMILES string of the molecule is Fc1cc(CN2CCCNCC2)cc(F)c1F. The van der Waals surface area contributed by atoms with E-state index in [9.17, 15) is 13.2 Å². The van der Waals surface area contributed by atoms with Crippen LogP contribution < -0.4 is 5.32 Å². The smallest absolute Gasteiger partial charge is 0.194 e. The second-order valence-electron chi connectivity index (χ2n) is 4.25.